The van der Waals surface area contributed by atoms with Crippen molar-refractivity contribution < 1.29 is 24.2 Å². The third-order valence-corrected chi connectivity index (χ3v) is 2.68. The van der Waals surface area contributed by atoms with Gasteiger partial charge in [-0.25, -0.2) is 14.0 Å². The molecule has 0 radical (unpaired) electrons. The van der Waals surface area contributed by atoms with Crippen LogP contribution in [0.4, 0.5) is 14.9 Å². The van der Waals surface area contributed by atoms with Crippen LogP contribution in [0.3, 0.4) is 0 Å². The fourth-order valence-electron chi connectivity index (χ4n) is 1.60. The first-order valence-electron chi connectivity index (χ1n) is 6.17. The highest BCUT2D eigenvalue weighted by atomic mass is 19.1. The smallest absolute Gasteiger partial charge is 0.332 e. The fraction of sp³-hybridized carbons (Fsp3) is 0.385. The van der Waals surface area contributed by atoms with Gasteiger partial charge in [-0.3, -0.25) is 4.90 Å². The molecule has 2 amide bonds. The molecule has 110 valence electrons. The molecule has 0 aliphatic carbocycles. The molecule has 1 rings (SSSR count). The predicted octanol–water partition coefficient (Wildman–Crippen LogP) is 1.20. The van der Waals surface area contributed by atoms with Crippen LogP contribution in [-0.4, -0.2) is 41.4 Å². The van der Waals surface area contributed by atoms with Gasteiger partial charge in [0.15, 0.2) is 6.10 Å². The van der Waals surface area contributed by atoms with E-state index in [0.29, 0.717) is 12.2 Å². The Balaban J connectivity index is 2.55. The van der Waals surface area contributed by atoms with Gasteiger partial charge in [-0.15, -0.1) is 0 Å². The van der Waals surface area contributed by atoms with Gasteiger partial charge in [0, 0.05) is 25.2 Å². The van der Waals surface area contributed by atoms with Gasteiger partial charge in [-0.2, -0.15) is 0 Å². The highest BCUT2D eigenvalue weighted by Crippen LogP contribution is 2.14. The largest absolute Gasteiger partial charge is 0.479 e. The Labute approximate surface area is 115 Å². The van der Waals surface area contributed by atoms with Crippen LogP contribution < -0.4 is 10.2 Å². The van der Waals surface area contributed by atoms with Gasteiger partial charge in [0.05, 0.1) is 0 Å². The number of nitrogens with one attached hydrogen (secondary N) is 1. The predicted molar refractivity (Wildman–Crippen MR) is 71.1 cm³/mol. The number of aliphatic carboxylic acids is 1. The number of carbonyl (C=O) groups is 2. The van der Waals surface area contributed by atoms with Crippen molar-refractivity contribution in [2.75, 3.05) is 18.0 Å². The number of hydrogen-bond donors (Lipinski definition) is 3. The molecule has 20 heavy (non-hydrogen) atoms. The van der Waals surface area contributed by atoms with Gasteiger partial charge >= 0.3 is 12.0 Å². The summed E-state index contributed by atoms with van der Waals surface area (Å²) in [7, 11) is 0. The SMILES string of the molecule is CCN(C(=O)NCC[C@H](O)C(=O)O)c1ccc(F)cc1. The molecule has 0 unspecified atom stereocenters. The molecule has 0 saturated carbocycles. The molecule has 0 aliphatic heterocycles. The van der Waals surface area contributed by atoms with Crippen molar-refractivity contribution in [2.24, 2.45) is 0 Å². The third kappa shape index (κ3) is 4.51. The maximum atomic E-state index is 12.8. The number of carboxylic acid groups (broad SMARTS) is 1. The number of hydrogen-bond acceptors (Lipinski definition) is 3. The zero-order valence-corrected chi connectivity index (χ0v) is 11.0. The molecular formula is C13H17FN2O4. The number of urea groups is 1. The lowest BCUT2D eigenvalue weighted by Crippen LogP contribution is -2.41. The van der Waals surface area contributed by atoms with E-state index in [9.17, 15) is 14.0 Å². The van der Waals surface area contributed by atoms with Crippen molar-refractivity contribution in [3.05, 3.63) is 30.1 Å². The monoisotopic (exact) mass is 284 g/mol. The van der Waals surface area contributed by atoms with Crippen molar-refractivity contribution >= 4 is 17.7 Å². The quantitative estimate of drug-likeness (QED) is 0.732. The number of benzene rings is 1. The van der Waals surface area contributed by atoms with Crippen molar-refractivity contribution in [2.45, 2.75) is 19.4 Å². The second-order valence-electron chi connectivity index (χ2n) is 4.10. The van der Waals surface area contributed by atoms with Gasteiger partial charge in [-0.1, -0.05) is 0 Å². The molecule has 6 nitrogen and oxygen atoms in total. The number of anilines is 1. The van der Waals surface area contributed by atoms with E-state index in [-0.39, 0.29) is 13.0 Å². The summed E-state index contributed by atoms with van der Waals surface area (Å²) in [4.78, 5) is 23.7. The zero-order valence-electron chi connectivity index (χ0n) is 11.0. The minimum Gasteiger partial charge on any atom is -0.479 e. The molecule has 0 fully saturated rings. The van der Waals surface area contributed by atoms with E-state index in [1.807, 2.05) is 0 Å². The lowest BCUT2D eigenvalue weighted by atomic mass is 10.2. The molecule has 3 N–H and O–H groups in total. The number of aliphatic hydroxyl groups is 1. The van der Waals surface area contributed by atoms with Crippen LogP contribution in [0.1, 0.15) is 13.3 Å². The van der Waals surface area contributed by atoms with Crippen LogP contribution in [0.15, 0.2) is 24.3 Å². The number of halogens is 1. The van der Waals surface area contributed by atoms with Gasteiger partial charge in [-0.05, 0) is 31.2 Å². The van der Waals surface area contributed by atoms with E-state index >= 15 is 0 Å². The van der Waals surface area contributed by atoms with Gasteiger partial charge in [0.25, 0.3) is 0 Å². The van der Waals surface area contributed by atoms with Crippen LogP contribution >= 0.6 is 0 Å². The van der Waals surface area contributed by atoms with E-state index in [1.165, 1.54) is 29.2 Å². The van der Waals surface area contributed by atoms with E-state index in [0.717, 1.165) is 0 Å². The van der Waals surface area contributed by atoms with Gasteiger partial charge < -0.3 is 15.5 Å². The molecule has 1 atom stereocenters. The number of nitrogens with zero attached hydrogens (tertiary/aromatic N) is 1. The van der Waals surface area contributed by atoms with Gasteiger partial charge in [0.1, 0.15) is 5.82 Å². The van der Waals surface area contributed by atoms with E-state index < -0.39 is 23.9 Å². The normalized spacial score (nSPS) is 11.8. The topological polar surface area (TPSA) is 89.9 Å². The lowest BCUT2D eigenvalue weighted by molar-refractivity contribution is -0.146. The average molecular weight is 284 g/mol. The Morgan fingerprint density at radius 1 is 1.35 bits per heavy atom. The maximum Gasteiger partial charge on any atom is 0.332 e. The van der Waals surface area contributed by atoms with Crippen molar-refractivity contribution in [1.82, 2.24) is 5.32 Å². The Morgan fingerprint density at radius 3 is 2.45 bits per heavy atom. The molecule has 0 spiro atoms. The minimum absolute atomic E-state index is 0.0317. The summed E-state index contributed by atoms with van der Waals surface area (Å²) in [6.45, 7) is 2.16. The lowest BCUT2D eigenvalue weighted by Gasteiger charge is -2.21. The van der Waals surface area contributed by atoms with Gasteiger partial charge in [0.2, 0.25) is 0 Å². The summed E-state index contributed by atoms with van der Waals surface area (Å²) >= 11 is 0. The number of amides is 2. The van der Waals surface area contributed by atoms with Crippen molar-refractivity contribution in [3.8, 4) is 0 Å². The first kappa shape index (κ1) is 15.9. The Morgan fingerprint density at radius 2 is 1.95 bits per heavy atom. The molecule has 1 aromatic rings. The highest BCUT2D eigenvalue weighted by molar-refractivity contribution is 5.91. The molecular weight excluding hydrogens is 267 g/mol. The summed E-state index contributed by atoms with van der Waals surface area (Å²) in [5.74, 6) is -1.72. The number of rotatable bonds is 6. The standard InChI is InChI=1S/C13H17FN2O4/c1-2-16(10-5-3-9(14)4-6-10)13(20)15-8-7-11(17)12(18)19/h3-6,11,17H,2,7-8H2,1H3,(H,15,20)(H,18,19)/t11-/m0/s1. The van der Waals surface area contributed by atoms with E-state index in [1.54, 1.807) is 6.92 Å². The van der Waals surface area contributed by atoms with Crippen LogP contribution in [0, 0.1) is 5.82 Å². The zero-order chi connectivity index (χ0) is 15.1. The third-order valence-electron chi connectivity index (χ3n) is 2.68. The fourth-order valence-corrected chi connectivity index (χ4v) is 1.60. The van der Waals surface area contributed by atoms with E-state index in [2.05, 4.69) is 5.32 Å². The first-order chi connectivity index (χ1) is 9.45. The Kier molecular flexibility index (Phi) is 5.92. The molecule has 0 heterocycles. The highest BCUT2D eigenvalue weighted by Gasteiger charge is 2.16. The first-order valence-corrected chi connectivity index (χ1v) is 6.17. The molecule has 1 aromatic carbocycles. The minimum atomic E-state index is -1.50. The summed E-state index contributed by atoms with van der Waals surface area (Å²) < 4.78 is 12.8. The summed E-state index contributed by atoms with van der Waals surface area (Å²) in [6.07, 6.45) is -1.58. The Hall–Kier alpha value is -2.15. The van der Waals surface area contributed by atoms with Crippen LogP contribution in [0.25, 0.3) is 0 Å². The molecule has 0 bridgehead atoms. The Bertz CT molecular complexity index is 464. The molecule has 7 heteroatoms. The summed E-state index contributed by atoms with van der Waals surface area (Å²) in [6, 6.07) is 5.02. The number of carboxylic acids is 1. The van der Waals surface area contributed by atoms with Crippen LogP contribution in [-0.2, 0) is 4.79 Å². The van der Waals surface area contributed by atoms with Crippen molar-refractivity contribution in [3.63, 3.8) is 0 Å². The maximum absolute atomic E-state index is 12.8. The average Bonchev–Trinajstić information content (AvgIpc) is 2.41. The van der Waals surface area contributed by atoms with Crippen LogP contribution in [0.5, 0.6) is 0 Å². The second-order valence-corrected chi connectivity index (χ2v) is 4.10. The summed E-state index contributed by atoms with van der Waals surface area (Å²) in [5.41, 5.74) is 0.533. The van der Waals surface area contributed by atoms with Crippen LogP contribution in [0.2, 0.25) is 0 Å². The second kappa shape index (κ2) is 7.44. The number of aliphatic hydroxyl groups excluding tert-OH is 1. The molecule has 0 saturated heterocycles. The van der Waals surface area contributed by atoms with Crippen molar-refractivity contribution in [1.29, 1.82) is 0 Å². The van der Waals surface area contributed by atoms with E-state index in [4.69, 9.17) is 10.2 Å². The molecule has 0 aromatic heterocycles. The summed E-state index contributed by atoms with van der Waals surface area (Å²) in [5, 5.41) is 20.1. The number of carbonyl (C=O) groups excluding carboxylic acids is 1. The molecule has 0 aliphatic rings.